The summed E-state index contributed by atoms with van der Waals surface area (Å²) in [4.78, 5) is 16.3. The fourth-order valence-electron chi connectivity index (χ4n) is 2.83. The Morgan fingerprint density at radius 3 is 2.55 bits per heavy atom. The van der Waals surface area contributed by atoms with Gasteiger partial charge in [-0.15, -0.1) is 0 Å². The van der Waals surface area contributed by atoms with E-state index in [1.807, 2.05) is 11.0 Å². The van der Waals surface area contributed by atoms with Crippen molar-refractivity contribution in [2.75, 3.05) is 50.0 Å². The highest BCUT2D eigenvalue weighted by Crippen LogP contribution is 2.24. The van der Waals surface area contributed by atoms with Gasteiger partial charge in [0, 0.05) is 32.6 Å². The fourth-order valence-corrected chi connectivity index (χ4v) is 2.83. The molecule has 2 rings (SSSR count). The molecule has 5 nitrogen and oxygen atoms in total. The van der Waals surface area contributed by atoms with Gasteiger partial charge in [0.1, 0.15) is 0 Å². The number of nitrogens with zero attached hydrogens (tertiary/aromatic N) is 2. The highest BCUT2D eigenvalue weighted by Gasteiger charge is 2.16. The number of ether oxygens (including phenoxy) is 1. The Morgan fingerprint density at radius 2 is 1.95 bits per heavy atom. The van der Waals surface area contributed by atoms with Crippen LogP contribution in [0.4, 0.5) is 11.4 Å². The lowest BCUT2D eigenvalue weighted by Gasteiger charge is -2.27. The molecule has 1 fully saturated rings. The van der Waals surface area contributed by atoms with Gasteiger partial charge in [-0.25, -0.2) is 0 Å². The molecule has 0 unspecified atom stereocenters. The number of hydrogen-bond donors (Lipinski definition) is 1. The van der Waals surface area contributed by atoms with Crippen LogP contribution in [0.5, 0.6) is 0 Å². The Kier molecular flexibility index (Phi) is 6.07. The number of anilines is 2. The van der Waals surface area contributed by atoms with Gasteiger partial charge in [-0.2, -0.15) is 0 Å². The van der Waals surface area contributed by atoms with Crippen LogP contribution in [-0.2, 0) is 16.0 Å². The highest BCUT2D eigenvalue weighted by atomic mass is 16.5. The van der Waals surface area contributed by atoms with Crippen LogP contribution in [0.15, 0.2) is 18.2 Å². The first-order valence-electron chi connectivity index (χ1n) is 8.14. The molecule has 1 aliphatic rings. The first-order chi connectivity index (χ1) is 10.7. The number of amides is 1. The topological polar surface area (TPSA) is 58.8 Å². The summed E-state index contributed by atoms with van der Waals surface area (Å²) in [5.74, 6) is 0.203. The molecule has 1 amide bonds. The second-order valence-electron chi connectivity index (χ2n) is 5.56. The zero-order chi connectivity index (χ0) is 15.9. The lowest BCUT2D eigenvalue weighted by molar-refractivity contribution is -0.135. The summed E-state index contributed by atoms with van der Waals surface area (Å²) in [5.41, 5.74) is 9.16. The Bertz CT molecular complexity index is 495. The minimum atomic E-state index is 0.203. The minimum Gasteiger partial charge on any atom is -0.397 e. The van der Waals surface area contributed by atoms with Crippen molar-refractivity contribution in [3.05, 3.63) is 23.8 Å². The van der Waals surface area contributed by atoms with E-state index in [9.17, 15) is 4.79 Å². The molecular formula is C17H27N3O2. The second-order valence-corrected chi connectivity index (χ2v) is 5.56. The monoisotopic (exact) mass is 305 g/mol. The molecule has 1 aliphatic heterocycles. The van der Waals surface area contributed by atoms with Gasteiger partial charge in [-0.3, -0.25) is 4.79 Å². The first-order valence-corrected chi connectivity index (χ1v) is 8.14. The fraction of sp³-hybridized carbons (Fsp3) is 0.588. The summed E-state index contributed by atoms with van der Waals surface area (Å²) in [6.45, 7) is 8.85. The molecule has 2 N–H and O–H groups in total. The van der Waals surface area contributed by atoms with Crippen LogP contribution in [0, 0.1) is 0 Å². The van der Waals surface area contributed by atoms with Crippen LogP contribution in [0.25, 0.3) is 0 Å². The van der Waals surface area contributed by atoms with Crippen molar-refractivity contribution in [1.82, 2.24) is 4.90 Å². The Hall–Kier alpha value is -1.75. The van der Waals surface area contributed by atoms with E-state index >= 15 is 0 Å². The molecule has 0 spiro atoms. The van der Waals surface area contributed by atoms with Crippen molar-refractivity contribution in [2.24, 2.45) is 0 Å². The van der Waals surface area contributed by atoms with E-state index in [1.54, 1.807) is 0 Å². The summed E-state index contributed by atoms with van der Waals surface area (Å²) >= 11 is 0. The van der Waals surface area contributed by atoms with E-state index in [0.717, 1.165) is 36.4 Å². The maximum atomic E-state index is 12.2. The number of aryl methyl sites for hydroxylation is 1. The predicted octanol–water partition coefficient (Wildman–Crippen LogP) is 1.91. The third-order valence-corrected chi connectivity index (χ3v) is 4.19. The third kappa shape index (κ3) is 4.13. The number of carbonyl (C=O) groups excluding carboxylic acids is 1. The van der Waals surface area contributed by atoms with Crippen molar-refractivity contribution in [2.45, 2.75) is 26.7 Å². The number of carbonyl (C=O) groups is 1. The predicted molar refractivity (Wildman–Crippen MR) is 90.1 cm³/mol. The van der Waals surface area contributed by atoms with Gasteiger partial charge < -0.3 is 20.3 Å². The maximum Gasteiger partial charge on any atom is 0.223 e. The van der Waals surface area contributed by atoms with Gasteiger partial charge in [0.05, 0.1) is 24.6 Å². The highest BCUT2D eigenvalue weighted by molar-refractivity contribution is 5.77. The van der Waals surface area contributed by atoms with Crippen LogP contribution < -0.4 is 10.6 Å². The normalized spacial score (nSPS) is 14.9. The zero-order valence-electron chi connectivity index (χ0n) is 13.7. The molecule has 1 aromatic carbocycles. The Labute approximate surface area is 133 Å². The number of benzene rings is 1. The molecule has 0 bridgehead atoms. The average Bonchev–Trinajstić information content (AvgIpc) is 2.56. The molecule has 0 atom stereocenters. The standard InChI is InChI=1S/C17H27N3O2/c1-3-19(4-2)16-7-5-14(13-15(16)18)6-8-17(21)20-9-11-22-12-10-20/h5,7,13H,3-4,6,8-12,18H2,1-2H3. The van der Waals surface area contributed by atoms with E-state index in [2.05, 4.69) is 30.9 Å². The summed E-state index contributed by atoms with van der Waals surface area (Å²) in [5, 5.41) is 0. The molecule has 1 aromatic rings. The van der Waals surface area contributed by atoms with Crippen LogP contribution >= 0.6 is 0 Å². The SMILES string of the molecule is CCN(CC)c1ccc(CCC(=O)N2CCOCC2)cc1N. The number of hydrogen-bond acceptors (Lipinski definition) is 4. The largest absolute Gasteiger partial charge is 0.397 e. The van der Waals surface area contributed by atoms with Gasteiger partial charge >= 0.3 is 0 Å². The molecule has 22 heavy (non-hydrogen) atoms. The van der Waals surface area contributed by atoms with Crippen LogP contribution in [0.3, 0.4) is 0 Å². The van der Waals surface area contributed by atoms with E-state index in [1.165, 1.54) is 0 Å². The van der Waals surface area contributed by atoms with Crippen molar-refractivity contribution in [3.8, 4) is 0 Å². The van der Waals surface area contributed by atoms with Gasteiger partial charge in [0.25, 0.3) is 0 Å². The Balaban J connectivity index is 1.93. The summed E-state index contributed by atoms with van der Waals surface area (Å²) < 4.78 is 5.27. The van der Waals surface area contributed by atoms with Crippen LogP contribution in [0.2, 0.25) is 0 Å². The van der Waals surface area contributed by atoms with Gasteiger partial charge in [-0.05, 0) is 38.0 Å². The molecule has 122 valence electrons. The molecule has 0 saturated carbocycles. The molecule has 5 heteroatoms. The molecule has 0 aliphatic carbocycles. The van der Waals surface area contributed by atoms with Crippen molar-refractivity contribution < 1.29 is 9.53 Å². The second kappa shape index (κ2) is 8.03. The number of morpholine rings is 1. The van der Waals surface area contributed by atoms with Gasteiger partial charge in [-0.1, -0.05) is 6.07 Å². The maximum absolute atomic E-state index is 12.2. The van der Waals surface area contributed by atoms with Crippen molar-refractivity contribution in [3.63, 3.8) is 0 Å². The van der Waals surface area contributed by atoms with E-state index < -0.39 is 0 Å². The zero-order valence-corrected chi connectivity index (χ0v) is 13.7. The van der Waals surface area contributed by atoms with Gasteiger partial charge in [0.15, 0.2) is 0 Å². The minimum absolute atomic E-state index is 0.203. The first kappa shape index (κ1) is 16.6. The number of nitrogen functional groups attached to an aromatic ring is 1. The van der Waals surface area contributed by atoms with Crippen LogP contribution in [0.1, 0.15) is 25.8 Å². The lowest BCUT2D eigenvalue weighted by Crippen LogP contribution is -2.40. The van der Waals surface area contributed by atoms with E-state index in [4.69, 9.17) is 10.5 Å². The summed E-state index contributed by atoms with van der Waals surface area (Å²) in [6, 6.07) is 6.15. The Morgan fingerprint density at radius 1 is 1.27 bits per heavy atom. The summed E-state index contributed by atoms with van der Waals surface area (Å²) in [6.07, 6.45) is 1.27. The number of nitrogens with two attached hydrogens (primary N) is 1. The van der Waals surface area contributed by atoms with Crippen molar-refractivity contribution in [1.29, 1.82) is 0 Å². The molecule has 0 aromatic heterocycles. The van der Waals surface area contributed by atoms with E-state index in [0.29, 0.717) is 32.7 Å². The average molecular weight is 305 g/mol. The number of rotatable bonds is 6. The van der Waals surface area contributed by atoms with Crippen LogP contribution in [-0.4, -0.2) is 50.2 Å². The third-order valence-electron chi connectivity index (χ3n) is 4.19. The molecule has 1 heterocycles. The lowest BCUT2D eigenvalue weighted by atomic mass is 10.1. The summed E-state index contributed by atoms with van der Waals surface area (Å²) in [7, 11) is 0. The quantitative estimate of drug-likeness (QED) is 0.816. The van der Waals surface area contributed by atoms with E-state index in [-0.39, 0.29) is 5.91 Å². The molecule has 1 saturated heterocycles. The van der Waals surface area contributed by atoms with Gasteiger partial charge in [0.2, 0.25) is 5.91 Å². The molecular weight excluding hydrogens is 278 g/mol. The smallest absolute Gasteiger partial charge is 0.223 e. The van der Waals surface area contributed by atoms with Crippen molar-refractivity contribution >= 4 is 17.3 Å². The molecule has 0 radical (unpaired) electrons.